The van der Waals surface area contributed by atoms with E-state index in [0.717, 1.165) is 5.56 Å². The Bertz CT molecular complexity index is 370. The fourth-order valence-corrected chi connectivity index (χ4v) is 1.40. The number of terminal acetylenes is 1. The van der Waals surface area contributed by atoms with Crippen molar-refractivity contribution in [1.29, 1.82) is 0 Å². The SMILES string of the molecule is C#CCC(C)NCc1cc(F)ccc1Cl. The Kier molecular flexibility index (Phi) is 4.61. The molecule has 0 saturated heterocycles. The van der Waals surface area contributed by atoms with Gasteiger partial charge >= 0.3 is 0 Å². The summed E-state index contributed by atoms with van der Waals surface area (Å²) in [5.74, 6) is 2.28. The smallest absolute Gasteiger partial charge is 0.123 e. The minimum atomic E-state index is -0.277. The molecule has 0 radical (unpaired) electrons. The summed E-state index contributed by atoms with van der Waals surface area (Å²) < 4.78 is 12.9. The van der Waals surface area contributed by atoms with Gasteiger partial charge in [0.2, 0.25) is 0 Å². The highest BCUT2D eigenvalue weighted by Crippen LogP contribution is 2.16. The largest absolute Gasteiger partial charge is 0.309 e. The van der Waals surface area contributed by atoms with E-state index in [4.69, 9.17) is 18.0 Å². The van der Waals surface area contributed by atoms with Crippen molar-refractivity contribution in [2.75, 3.05) is 0 Å². The van der Waals surface area contributed by atoms with Crippen LogP contribution in [0.1, 0.15) is 18.9 Å². The molecule has 0 saturated carbocycles. The van der Waals surface area contributed by atoms with E-state index >= 15 is 0 Å². The van der Waals surface area contributed by atoms with Gasteiger partial charge in [-0.3, -0.25) is 0 Å². The van der Waals surface area contributed by atoms with Crippen LogP contribution in [0.3, 0.4) is 0 Å². The third-order valence-corrected chi connectivity index (χ3v) is 2.44. The third-order valence-electron chi connectivity index (χ3n) is 2.07. The summed E-state index contributed by atoms with van der Waals surface area (Å²) >= 11 is 5.91. The molecule has 0 aliphatic rings. The molecule has 3 heteroatoms. The van der Waals surface area contributed by atoms with E-state index in [-0.39, 0.29) is 11.9 Å². The number of rotatable bonds is 4. The lowest BCUT2D eigenvalue weighted by Crippen LogP contribution is -2.25. The highest BCUT2D eigenvalue weighted by atomic mass is 35.5. The van der Waals surface area contributed by atoms with E-state index in [1.165, 1.54) is 12.1 Å². The normalized spacial score (nSPS) is 12.1. The Balaban J connectivity index is 2.57. The second kappa shape index (κ2) is 5.75. The quantitative estimate of drug-likeness (QED) is 0.777. The molecule has 0 heterocycles. The molecule has 1 aromatic carbocycles. The topological polar surface area (TPSA) is 12.0 Å². The number of hydrogen-bond acceptors (Lipinski definition) is 1. The number of nitrogens with one attached hydrogen (secondary N) is 1. The van der Waals surface area contributed by atoms with Crippen molar-refractivity contribution in [1.82, 2.24) is 5.32 Å². The predicted octanol–water partition coefficient (Wildman–Crippen LogP) is 2.98. The average molecular weight is 226 g/mol. The van der Waals surface area contributed by atoms with E-state index in [0.29, 0.717) is 18.0 Å². The van der Waals surface area contributed by atoms with Crippen LogP contribution < -0.4 is 5.32 Å². The molecule has 0 amide bonds. The monoisotopic (exact) mass is 225 g/mol. The Morgan fingerprint density at radius 1 is 1.60 bits per heavy atom. The molecule has 1 N–H and O–H groups in total. The first-order chi connectivity index (χ1) is 7.13. The third kappa shape index (κ3) is 3.91. The molecule has 1 atom stereocenters. The zero-order valence-electron chi connectivity index (χ0n) is 8.56. The standard InChI is InChI=1S/C12H13ClFN/c1-3-4-9(2)15-8-10-7-11(14)5-6-12(10)13/h1,5-7,9,15H,4,8H2,2H3. The molecule has 0 fully saturated rings. The molecule has 0 spiro atoms. The maximum atomic E-state index is 12.9. The van der Waals surface area contributed by atoms with Gasteiger partial charge < -0.3 is 5.32 Å². The van der Waals surface area contributed by atoms with Crippen LogP contribution in [0, 0.1) is 18.2 Å². The van der Waals surface area contributed by atoms with Crippen LogP contribution in [-0.4, -0.2) is 6.04 Å². The minimum Gasteiger partial charge on any atom is -0.309 e. The molecule has 1 aromatic rings. The van der Waals surface area contributed by atoms with Crippen molar-refractivity contribution in [2.24, 2.45) is 0 Å². The maximum absolute atomic E-state index is 12.9. The van der Waals surface area contributed by atoms with Crippen LogP contribution in [0.25, 0.3) is 0 Å². The molecule has 1 nitrogen and oxygen atoms in total. The molecule has 15 heavy (non-hydrogen) atoms. The van der Waals surface area contributed by atoms with Crippen molar-refractivity contribution < 1.29 is 4.39 Å². The summed E-state index contributed by atoms with van der Waals surface area (Å²) in [6.07, 6.45) is 5.82. The Labute approximate surface area is 94.6 Å². The second-order valence-corrected chi connectivity index (χ2v) is 3.83. The van der Waals surface area contributed by atoms with Gasteiger partial charge in [-0.2, -0.15) is 0 Å². The summed E-state index contributed by atoms with van der Waals surface area (Å²) in [6, 6.07) is 4.53. The van der Waals surface area contributed by atoms with Crippen LogP contribution in [0.2, 0.25) is 5.02 Å². The van der Waals surface area contributed by atoms with E-state index in [1.54, 1.807) is 6.07 Å². The Morgan fingerprint density at radius 3 is 3.00 bits per heavy atom. The van der Waals surface area contributed by atoms with Gasteiger partial charge in [0.15, 0.2) is 0 Å². The van der Waals surface area contributed by atoms with Crippen LogP contribution in [0.5, 0.6) is 0 Å². The fourth-order valence-electron chi connectivity index (χ4n) is 1.21. The second-order valence-electron chi connectivity index (χ2n) is 3.43. The molecule has 0 aliphatic carbocycles. The van der Waals surface area contributed by atoms with Crippen LogP contribution >= 0.6 is 11.6 Å². The molecular formula is C12H13ClFN. The minimum absolute atomic E-state index is 0.203. The van der Waals surface area contributed by atoms with Crippen molar-refractivity contribution in [3.63, 3.8) is 0 Å². The van der Waals surface area contributed by atoms with E-state index in [1.807, 2.05) is 6.92 Å². The molecule has 1 unspecified atom stereocenters. The van der Waals surface area contributed by atoms with Crippen LogP contribution in [-0.2, 0) is 6.54 Å². The van der Waals surface area contributed by atoms with Gasteiger partial charge in [0.1, 0.15) is 5.82 Å². The number of halogens is 2. The van der Waals surface area contributed by atoms with Crippen molar-refractivity contribution in [3.05, 3.63) is 34.6 Å². The summed E-state index contributed by atoms with van der Waals surface area (Å²) in [7, 11) is 0. The highest BCUT2D eigenvalue weighted by Gasteiger charge is 2.04. The van der Waals surface area contributed by atoms with Gasteiger partial charge in [0.05, 0.1) is 0 Å². The van der Waals surface area contributed by atoms with Gasteiger partial charge in [-0.05, 0) is 30.7 Å². The van der Waals surface area contributed by atoms with Gasteiger partial charge in [-0.25, -0.2) is 4.39 Å². The molecule has 0 bridgehead atoms. The lowest BCUT2D eigenvalue weighted by molar-refractivity contribution is 0.555. The van der Waals surface area contributed by atoms with Crippen molar-refractivity contribution >= 4 is 11.6 Å². The van der Waals surface area contributed by atoms with Crippen molar-refractivity contribution in [2.45, 2.75) is 25.9 Å². The summed E-state index contributed by atoms with van der Waals surface area (Å²) in [5, 5.41) is 3.74. The van der Waals surface area contributed by atoms with Gasteiger partial charge in [-0.1, -0.05) is 11.6 Å². The average Bonchev–Trinajstić information content (AvgIpc) is 2.20. The summed E-state index contributed by atoms with van der Waals surface area (Å²) in [4.78, 5) is 0. The highest BCUT2D eigenvalue weighted by molar-refractivity contribution is 6.31. The zero-order chi connectivity index (χ0) is 11.3. The molecule has 80 valence electrons. The maximum Gasteiger partial charge on any atom is 0.123 e. The first-order valence-electron chi connectivity index (χ1n) is 4.74. The summed E-state index contributed by atoms with van der Waals surface area (Å²) in [6.45, 7) is 2.51. The van der Waals surface area contributed by atoms with Gasteiger partial charge in [0, 0.05) is 24.0 Å². The first kappa shape index (κ1) is 12.0. The van der Waals surface area contributed by atoms with E-state index < -0.39 is 0 Å². The van der Waals surface area contributed by atoms with Crippen LogP contribution in [0.15, 0.2) is 18.2 Å². The van der Waals surface area contributed by atoms with Crippen LogP contribution in [0.4, 0.5) is 4.39 Å². The van der Waals surface area contributed by atoms with Crippen molar-refractivity contribution in [3.8, 4) is 12.3 Å². The number of hydrogen-bond donors (Lipinski definition) is 1. The van der Waals surface area contributed by atoms with Gasteiger partial charge in [0.25, 0.3) is 0 Å². The van der Waals surface area contributed by atoms with E-state index in [2.05, 4.69) is 11.2 Å². The summed E-state index contributed by atoms with van der Waals surface area (Å²) in [5.41, 5.74) is 0.750. The fraction of sp³-hybridized carbons (Fsp3) is 0.333. The molecule has 1 rings (SSSR count). The Morgan fingerprint density at radius 2 is 2.33 bits per heavy atom. The zero-order valence-corrected chi connectivity index (χ0v) is 9.31. The first-order valence-corrected chi connectivity index (χ1v) is 5.12. The lowest BCUT2D eigenvalue weighted by Gasteiger charge is -2.11. The lowest BCUT2D eigenvalue weighted by atomic mass is 10.2. The predicted molar refractivity (Wildman–Crippen MR) is 61.2 cm³/mol. The van der Waals surface area contributed by atoms with E-state index in [9.17, 15) is 4.39 Å². The van der Waals surface area contributed by atoms with Gasteiger partial charge in [-0.15, -0.1) is 12.3 Å². The molecule has 0 aliphatic heterocycles. The Hall–Kier alpha value is -1.04. The molecule has 0 aromatic heterocycles. The number of benzene rings is 1. The molecular weight excluding hydrogens is 213 g/mol.